The molecular weight excluding hydrogens is 326 g/mol. The van der Waals surface area contributed by atoms with Gasteiger partial charge in [-0.3, -0.25) is 0 Å². The van der Waals surface area contributed by atoms with Crippen LogP contribution < -0.4 is 15.5 Å². The van der Waals surface area contributed by atoms with Gasteiger partial charge in [-0.15, -0.1) is 0 Å². The number of hydrogen-bond acceptors (Lipinski definition) is 1. The number of hydrogen-bond donors (Lipinski definition) is 3. The highest BCUT2D eigenvalue weighted by molar-refractivity contribution is 7.80. The van der Waals surface area contributed by atoms with E-state index in [4.69, 9.17) is 23.8 Å². The number of halogens is 1. The van der Waals surface area contributed by atoms with Crippen molar-refractivity contribution in [3.8, 4) is 0 Å². The third-order valence-corrected chi connectivity index (χ3v) is 4.25. The smallest absolute Gasteiger partial charge is 0.170 e. The maximum Gasteiger partial charge on any atom is 0.170 e. The topological polar surface area (TPSA) is 28.5 Å². The number of rotatable bonds is 6. The van der Waals surface area contributed by atoms with E-state index in [9.17, 15) is 0 Å². The Bertz CT molecular complexity index is 614. The molecule has 0 fully saturated rings. The SMILES string of the molecule is C[NH+](C)[C@H](CNC(=S)Nc1ccc(Cl)cc1)Cc1ccccc1. The van der Waals surface area contributed by atoms with E-state index in [1.807, 2.05) is 30.3 Å². The van der Waals surface area contributed by atoms with Crippen molar-refractivity contribution in [1.29, 1.82) is 0 Å². The van der Waals surface area contributed by atoms with E-state index >= 15 is 0 Å². The highest BCUT2D eigenvalue weighted by atomic mass is 35.5. The lowest BCUT2D eigenvalue weighted by Crippen LogP contribution is -3.11. The van der Waals surface area contributed by atoms with Gasteiger partial charge in [0.25, 0.3) is 0 Å². The van der Waals surface area contributed by atoms with Gasteiger partial charge in [-0.05, 0) is 42.0 Å². The quantitative estimate of drug-likeness (QED) is 0.700. The van der Waals surface area contributed by atoms with Gasteiger partial charge in [0.05, 0.1) is 20.6 Å². The molecule has 0 amide bonds. The Labute approximate surface area is 148 Å². The molecule has 0 aliphatic heterocycles. The van der Waals surface area contributed by atoms with Crippen LogP contribution in [0.1, 0.15) is 5.56 Å². The second-order valence-electron chi connectivity index (χ2n) is 5.81. The number of nitrogens with one attached hydrogen (secondary N) is 3. The number of anilines is 1. The molecule has 0 heterocycles. The van der Waals surface area contributed by atoms with E-state index in [1.165, 1.54) is 10.5 Å². The molecule has 122 valence electrons. The van der Waals surface area contributed by atoms with Gasteiger partial charge in [0.2, 0.25) is 0 Å². The molecule has 2 aromatic rings. The van der Waals surface area contributed by atoms with Gasteiger partial charge in [0.1, 0.15) is 6.04 Å². The van der Waals surface area contributed by atoms with E-state index in [1.54, 1.807) is 0 Å². The summed E-state index contributed by atoms with van der Waals surface area (Å²) in [5.74, 6) is 0. The average molecular weight is 349 g/mol. The molecule has 0 aromatic heterocycles. The summed E-state index contributed by atoms with van der Waals surface area (Å²) in [6, 6.07) is 18.5. The van der Waals surface area contributed by atoms with Crippen molar-refractivity contribution in [2.45, 2.75) is 12.5 Å². The number of benzene rings is 2. The summed E-state index contributed by atoms with van der Waals surface area (Å²) in [4.78, 5) is 1.40. The van der Waals surface area contributed by atoms with E-state index in [0.717, 1.165) is 18.7 Å². The third kappa shape index (κ3) is 6.18. The molecule has 0 saturated heterocycles. The zero-order chi connectivity index (χ0) is 16.7. The largest absolute Gasteiger partial charge is 0.356 e. The molecule has 0 saturated carbocycles. The van der Waals surface area contributed by atoms with Crippen LogP contribution in [0.3, 0.4) is 0 Å². The molecule has 5 heteroatoms. The molecule has 0 radical (unpaired) electrons. The minimum atomic E-state index is 0.447. The highest BCUT2D eigenvalue weighted by Crippen LogP contribution is 2.13. The summed E-state index contributed by atoms with van der Waals surface area (Å²) in [5, 5.41) is 7.84. The van der Waals surface area contributed by atoms with E-state index in [2.05, 4.69) is 49.0 Å². The predicted molar refractivity (Wildman–Crippen MR) is 102 cm³/mol. The zero-order valence-corrected chi connectivity index (χ0v) is 15.0. The Morgan fingerprint density at radius 1 is 1.09 bits per heavy atom. The standard InChI is InChI=1S/C18H22ClN3S/c1-22(2)17(12-14-6-4-3-5-7-14)13-20-18(23)21-16-10-8-15(19)9-11-16/h3-11,17H,12-13H2,1-2H3,(H2,20,21,23)/p+1/t17-/m0/s1. The fourth-order valence-corrected chi connectivity index (χ4v) is 2.63. The fraction of sp³-hybridized carbons (Fsp3) is 0.278. The molecule has 1 atom stereocenters. The van der Waals surface area contributed by atoms with Crippen molar-refractivity contribution in [3.63, 3.8) is 0 Å². The van der Waals surface area contributed by atoms with Crippen LogP contribution in [0.4, 0.5) is 5.69 Å². The summed E-state index contributed by atoms with van der Waals surface area (Å²) < 4.78 is 0. The summed E-state index contributed by atoms with van der Waals surface area (Å²) in [5.41, 5.74) is 2.28. The monoisotopic (exact) mass is 348 g/mol. The summed E-state index contributed by atoms with van der Waals surface area (Å²) in [6.45, 7) is 0.816. The van der Waals surface area contributed by atoms with Crippen molar-refractivity contribution >= 4 is 34.6 Å². The first-order valence-electron chi connectivity index (χ1n) is 7.69. The minimum absolute atomic E-state index is 0.447. The van der Waals surface area contributed by atoms with E-state index in [0.29, 0.717) is 16.2 Å². The van der Waals surface area contributed by atoms with Crippen molar-refractivity contribution in [1.82, 2.24) is 5.32 Å². The summed E-state index contributed by atoms with van der Waals surface area (Å²) >= 11 is 11.3. The molecule has 3 N–H and O–H groups in total. The van der Waals surface area contributed by atoms with Crippen molar-refractivity contribution in [2.24, 2.45) is 0 Å². The molecule has 2 rings (SSSR count). The molecule has 0 aliphatic rings. The summed E-state index contributed by atoms with van der Waals surface area (Å²) in [6.07, 6.45) is 1.01. The normalized spacial score (nSPS) is 12.0. The molecule has 0 bridgehead atoms. The molecule has 0 aliphatic carbocycles. The molecule has 0 spiro atoms. The van der Waals surface area contributed by atoms with Crippen molar-refractivity contribution < 1.29 is 4.90 Å². The number of likely N-dealkylation sites (N-methyl/N-ethyl adjacent to an activating group) is 1. The van der Waals surface area contributed by atoms with Gasteiger partial charge in [0, 0.05) is 17.1 Å². The molecule has 3 nitrogen and oxygen atoms in total. The fourth-order valence-electron chi connectivity index (χ4n) is 2.30. The Kier molecular flexibility index (Phi) is 6.84. The summed E-state index contributed by atoms with van der Waals surface area (Å²) in [7, 11) is 4.34. The van der Waals surface area contributed by atoms with Gasteiger partial charge in [-0.2, -0.15) is 0 Å². The second kappa shape index (κ2) is 8.87. The Morgan fingerprint density at radius 2 is 1.74 bits per heavy atom. The Hall–Kier alpha value is -1.62. The average Bonchev–Trinajstić information content (AvgIpc) is 2.54. The zero-order valence-electron chi connectivity index (χ0n) is 13.5. The Balaban J connectivity index is 1.85. The van der Waals surface area contributed by atoms with Crippen LogP contribution in [0.15, 0.2) is 54.6 Å². The first-order chi connectivity index (χ1) is 11.0. The Morgan fingerprint density at radius 3 is 2.35 bits per heavy atom. The van der Waals surface area contributed by atoms with Gasteiger partial charge in [0.15, 0.2) is 5.11 Å². The van der Waals surface area contributed by atoms with Crippen LogP contribution in [-0.4, -0.2) is 31.8 Å². The first kappa shape index (κ1) is 17.7. The van der Waals surface area contributed by atoms with Crippen LogP contribution in [0.5, 0.6) is 0 Å². The highest BCUT2D eigenvalue weighted by Gasteiger charge is 2.16. The maximum atomic E-state index is 5.88. The minimum Gasteiger partial charge on any atom is -0.356 e. The van der Waals surface area contributed by atoms with Crippen LogP contribution in [0, 0.1) is 0 Å². The van der Waals surface area contributed by atoms with Gasteiger partial charge in [-0.25, -0.2) is 0 Å². The lowest BCUT2D eigenvalue weighted by Gasteiger charge is -2.23. The van der Waals surface area contributed by atoms with Crippen LogP contribution in [-0.2, 0) is 6.42 Å². The maximum absolute atomic E-state index is 5.88. The van der Waals surface area contributed by atoms with Crippen molar-refractivity contribution in [3.05, 3.63) is 65.2 Å². The number of thiocarbonyl (C=S) groups is 1. The van der Waals surface area contributed by atoms with E-state index < -0.39 is 0 Å². The third-order valence-electron chi connectivity index (χ3n) is 3.75. The van der Waals surface area contributed by atoms with Crippen molar-refractivity contribution in [2.75, 3.05) is 26.0 Å². The predicted octanol–water partition coefficient (Wildman–Crippen LogP) is 2.38. The lowest BCUT2D eigenvalue weighted by molar-refractivity contribution is -0.884. The van der Waals surface area contributed by atoms with Gasteiger partial charge >= 0.3 is 0 Å². The molecular formula is C18H23ClN3S+. The van der Waals surface area contributed by atoms with Gasteiger partial charge < -0.3 is 15.5 Å². The van der Waals surface area contributed by atoms with Gasteiger partial charge in [-0.1, -0.05) is 41.9 Å². The molecule has 2 aromatic carbocycles. The van der Waals surface area contributed by atoms with Crippen LogP contribution >= 0.6 is 23.8 Å². The van der Waals surface area contributed by atoms with Crippen LogP contribution in [0.25, 0.3) is 0 Å². The van der Waals surface area contributed by atoms with Crippen LogP contribution in [0.2, 0.25) is 5.02 Å². The first-order valence-corrected chi connectivity index (χ1v) is 8.47. The number of quaternary nitrogens is 1. The van der Waals surface area contributed by atoms with E-state index in [-0.39, 0.29) is 0 Å². The second-order valence-corrected chi connectivity index (χ2v) is 6.65. The molecule has 23 heavy (non-hydrogen) atoms. The lowest BCUT2D eigenvalue weighted by atomic mass is 10.1. The molecule has 0 unspecified atom stereocenters.